The van der Waals surface area contributed by atoms with Gasteiger partial charge in [0.2, 0.25) is 0 Å². The summed E-state index contributed by atoms with van der Waals surface area (Å²) in [4.78, 5) is 4.35. The van der Waals surface area contributed by atoms with Crippen LogP contribution in [0.4, 0.5) is 4.39 Å². The molecule has 0 radical (unpaired) electrons. The van der Waals surface area contributed by atoms with Crippen LogP contribution in [0, 0.1) is 12.7 Å². The van der Waals surface area contributed by atoms with Crippen LogP contribution in [0.2, 0.25) is 0 Å². The van der Waals surface area contributed by atoms with Crippen molar-refractivity contribution in [1.29, 1.82) is 0 Å². The molecule has 1 aromatic rings. The third-order valence-electron chi connectivity index (χ3n) is 3.22. The third-order valence-corrected chi connectivity index (χ3v) is 3.22. The maximum Gasteiger partial charge on any atom is 0.126 e. The van der Waals surface area contributed by atoms with Crippen LogP contribution in [0.5, 0.6) is 0 Å². The molecule has 0 aromatic heterocycles. The van der Waals surface area contributed by atoms with Crippen LogP contribution in [0.15, 0.2) is 18.2 Å². The first-order valence-electron chi connectivity index (χ1n) is 6.26. The lowest BCUT2D eigenvalue weighted by Gasteiger charge is -2.28. The van der Waals surface area contributed by atoms with Crippen LogP contribution in [0.1, 0.15) is 17.2 Å². The summed E-state index contributed by atoms with van der Waals surface area (Å²) in [5, 5.41) is 0. The number of benzene rings is 1. The Bertz CT molecular complexity index is 379. The van der Waals surface area contributed by atoms with Gasteiger partial charge in [-0.3, -0.25) is 4.90 Å². The van der Waals surface area contributed by atoms with Crippen LogP contribution in [-0.4, -0.2) is 50.6 Å². The van der Waals surface area contributed by atoms with Crippen LogP contribution in [-0.2, 0) is 0 Å². The molecule has 0 saturated heterocycles. The van der Waals surface area contributed by atoms with Gasteiger partial charge in [-0.15, -0.1) is 0 Å². The SMILES string of the molecule is Cc1cc(C(CN)N(C)CCN(C)C)ccc1F. The molecule has 0 fully saturated rings. The van der Waals surface area contributed by atoms with Gasteiger partial charge in [0.1, 0.15) is 5.82 Å². The summed E-state index contributed by atoms with van der Waals surface area (Å²) < 4.78 is 13.3. The number of hydrogen-bond acceptors (Lipinski definition) is 3. The van der Waals surface area contributed by atoms with E-state index in [4.69, 9.17) is 5.73 Å². The molecule has 1 atom stereocenters. The van der Waals surface area contributed by atoms with E-state index in [0.717, 1.165) is 18.7 Å². The summed E-state index contributed by atoms with van der Waals surface area (Å²) in [6.45, 7) is 4.24. The number of hydrogen-bond donors (Lipinski definition) is 1. The minimum absolute atomic E-state index is 0.143. The summed E-state index contributed by atoms with van der Waals surface area (Å²) >= 11 is 0. The molecule has 2 N–H and O–H groups in total. The van der Waals surface area contributed by atoms with Crippen molar-refractivity contribution in [1.82, 2.24) is 9.80 Å². The minimum atomic E-state index is -0.162. The van der Waals surface area contributed by atoms with Crippen molar-refractivity contribution in [2.75, 3.05) is 40.8 Å². The van der Waals surface area contributed by atoms with Crippen LogP contribution in [0.3, 0.4) is 0 Å². The van der Waals surface area contributed by atoms with E-state index in [9.17, 15) is 4.39 Å². The molecular weight excluding hydrogens is 229 g/mol. The molecule has 3 nitrogen and oxygen atoms in total. The maximum absolute atomic E-state index is 13.3. The van der Waals surface area contributed by atoms with Crippen molar-refractivity contribution in [2.24, 2.45) is 5.73 Å². The summed E-state index contributed by atoms with van der Waals surface area (Å²) in [6.07, 6.45) is 0. The molecule has 1 aromatic carbocycles. The predicted octanol–water partition coefficient (Wildman–Crippen LogP) is 1.63. The number of nitrogens with zero attached hydrogens (tertiary/aromatic N) is 2. The number of likely N-dealkylation sites (N-methyl/N-ethyl adjacent to an activating group) is 2. The average molecular weight is 253 g/mol. The Morgan fingerprint density at radius 1 is 1.22 bits per heavy atom. The average Bonchev–Trinajstić information content (AvgIpc) is 2.32. The Morgan fingerprint density at radius 2 is 1.89 bits per heavy atom. The first kappa shape index (κ1) is 15.1. The monoisotopic (exact) mass is 253 g/mol. The highest BCUT2D eigenvalue weighted by atomic mass is 19.1. The van der Waals surface area contributed by atoms with E-state index in [-0.39, 0.29) is 11.9 Å². The molecule has 0 aliphatic heterocycles. The molecule has 0 aliphatic carbocycles. The molecule has 4 heteroatoms. The van der Waals surface area contributed by atoms with Gasteiger partial charge in [0.05, 0.1) is 0 Å². The Kier molecular flexibility index (Phi) is 5.72. The van der Waals surface area contributed by atoms with E-state index in [1.54, 1.807) is 6.92 Å². The summed E-state index contributed by atoms with van der Waals surface area (Å²) in [5.74, 6) is -0.162. The number of rotatable bonds is 6. The molecule has 0 spiro atoms. The zero-order valence-corrected chi connectivity index (χ0v) is 11.8. The van der Waals surface area contributed by atoms with E-state index in [1.165, 1.54) is 6.07 Å². The normalized spacial score (nSPS) is 13.3. The lowest BCUT2D eigenvalue weighted by Crippen LogP contribution is -2.35. The molecule has 0 aliphatic rings. The van der Waals surface area contributed by atoms with Crippen LogP contribution < -0.4 is 5.73 Å². The molecule has 1 rings (SSSR count). The highest BCUT2D eigenvalue weighted by Crippen LogP contribution is 2.20. The summed E-state index contributed by atoms with van der Waals surface area (Å²) in [5.41, 5.74) is 7.61. The molecule has 0 heterocycles. The standard InChI is InChI=1S/C14H24FN3/c1-11-9-12(5-6-13(11)15)14(10-16)18(4)8-7-17(2)3/h5-6,9,14H,7-8,10,16H2,1-4H3. The fourth-order valence-electron chi connectivity index (χ4n) is 1.96. The maximum atomic E-state index is 13.3. The van der Waals surface area contributed by atoms with E-state index < -0.39 is 0 Å². The molecular formula is C14H24FN3. The van der Waals surface area contributed by atoms with Crippen LogP contribution in [0.25, 0.3) is 0 Å². The Hall–Kier alpha value is -0.970. The fourth-order valence-corrected chi connectivity index (χ4v) is 1.96. The van der Waals surface area contributed by atoms with Gasteiger partial charge < -0.3 is 10.6 Å². The summed E-state index contributed by atoms with van der Waals surface area (Å²) in [7, 11) is 6.15. The zero-order chi connectivity index (χ0) is 13.7. The third kappa shape index (κ3) is 4.05. The van der Waals surface area contributed by atoms with Crippen molar-refractivity contribution in [3.63, 3.8) is 0 Å². The quantitative estimate of drug-likeness (QED) is 0.836. The van der Waals surface area contributed by atoms with E-state index >= 15 is 0 Å². The highest BCUT2D eigenvalue weighted by Gasteiger charge is 2.16. The second-order valence-corrected chi connectivity index (χ2v) is 5.04. The van der Waals surface area contributed by atoms with Crippen molar-refractivity contribution >= 4 is 0 Å². The van der Waals surface area contributed by atoms with Gasteiger partial charge in [-0.1, -0.05) is 12.1 Å². The van der Waals surface area contributed by atoms with Crippen molar-refractivity contribution in [3.05, 3.63) is 35.1 Å². The second-order valence-electron chi connectivity index (χ2n) is 5.04. The summed E-state index contributed by atoms with van der Waals surface area (Å²) in [6, 6.07) is 5.38. The van der Waals surface area contributed by atoms with Crippen molar-refractivity contribution < 1.29 is 4.39 Å². The topological polar surface area (TPSA) is 32.5 Å². The van der Waals surface area contributed by atoms with Gasteiger partial charge >= 0.3 is 0 Å². The number of halogens is 1. The van der Waals surface area contributed by atoms with E-state index in [1.807, 2.05) is 26.2 Å². The molecule has 102 valence electrons. The second kappa shape index (κ2) is 6.83. The minimum Gasteiger partial charge on any atom is -0.329 e. The van der Waals surface area contributed by atoms with Crippen molar-refractivity contribution in [3.8, 4) is 0 Å². The molecule has 0 amide bonds. The van der Waals surface area contributed by atoms with Gasteiger partial charge in [0.15, 0.2) is 0 Å². The molecule has 1 unspecified atom stereocenters. The number of aryl methyl sites for hydroxylation is 1. The lowest BCUT2D eigenvalue weighted by atomic mass is 10.0. The predicted molar refractivity (Wildman–Crippen MR) is 74.1 cm³/mol. The lowest BCUT2D eigenvalue weighted by molar-refractivity contribution is 0.222. The van der Waals surface area contributed by atoms with Gasteiger partial charge in [-0.2, -0.15) is 0 Å². The Morgan fingerprint density at radius 3 is 2.39 bits per heavy atom. The van der Waals surface area contributed by atoms with Gasteiger partial charge in [0.25, 0.3) is 0 Å². The smallest absolute Gasteiger partial charge is 0.126 e. The molecule has 0 bridgehead atoms. The number of nitrogens with two attached hydrogens (primary N) is 1. The largest absolute Gasteiger partial charge is 0.329 e. The highest BCUT2D eigenvalue weighted by molar-refractivity contribution is 5.26. The zero-order valence-electron chi connectivity index (χ0n) is 11.8. The van der Waals surface area contributed by atoms with Gasteiger partial charge in [0, 0.05) is 25.7 Å². The Balaban J connectivity index is 2.78. The molecule has 18 heavy (non-hydrogen) atoms. The fraction of sp³-hybridized carbons (Fsp3) is 0.571. The van der Waals surface area contributed by atoms with E-state index in [0.29, 0.717) is 12.1 Å². The first-order chi connectivity index (χ1) is 8.45. The van der Waals surface area contributed by atoms with Crippen molar-refractivity contribution in [2.45, 2.75) is 13.0 Å². The Labute approximate surface area is 109 Å². The van der Waals surface area contributed by atoms with E-state index in [2.05, 4.69) is 16.8 Å². The van der Waals surface area contributed by atoms with Gasteiger partial charge in [-0.25, -0.2) is 4.39 Å². The van der Waals surface area contributed by atoms with Crippen LogP contribution >= 0.6 is 0 Å². The molecule has 0 saturated carbocycles. The first-order valence-corrected chi connectivity index (χ1v) is 6.26. The van der Waals surface area contributed by atoms with Gasteiger partial charge in [-0.05, 0) is 45.3 Å².